The van der Waals surface area contributed by atoms with Crippen LogP contribution >= 0.6 is 7.52 Å². The first-order valence-electron chi connectivity index (χ1n) is 6.58. The van der Waals surface area contributed by atoms with E-state index in [0.717, 1.165) is 5.56 Å². The normalized spacial score (nSPS) is 13.9. The van der Waals surface area contributed by atoms with E-state index >= 15 is 0 Å². The van der Waals surface area contributed by atoms with E-state index < -0.39 is 31.8 Å². The molecule has 0 bridgehead atoms. The van der Waals surface area contributed by atoms with E-state index in [2.05, 4.69) is 15.7 Å². The second-order valence-electron chi connectivity index (χ2n) is 4.54. The van der Waals surface area contributed by atoms with E-state index in [1.807, 2.05) is 6.07 Å². The third-order valence-electron chi connectivity index (χ3n) is 2.67. The monoisotopic (exact) mass is 335 g/mol. The molecular formula is C13H19LiN3O5P. The van der Waals surface area contributed by atoms with Crippen molar-refractivity contribution in [1.29, 1.82) is 0 Å². The summed E-state index contributed by atoms with van der Waals surface area (Å²) >= 11 is 0. The molecular weight excluding hydrogens is 316 g/mol. The average Bonchev–Trinajstić information content (AvgIpc) is 2.50. The molecule has 0 fully saturated rings. The molecule has 0 saturated heterocycles. The molecule has 2 amide bonds. The second-order valence-corrected chi connectivity index (χ2v) is 6.46. The fourth-order valence-corrected chi connectivity index (χ4v) is 2.69. The summed E-state index contributed by atoms with van der Waals surface area (Å²) in [5.74, 6) is -0.470. The molecule has 0 radical (unpaired) electrons. The largest absolute Gasteiger partial charge is 1.00 e. The molecule has 1 aromatic rings. The van der Waals surface area contributed by atoms with Crippen molar-refractivity contribution < 1.29 is 42.6 Å². The van der Waals surface area contributed by atoms with Gasteiger partial charge in [-0.3, -0.25) is 9.88 Å². The fourth-order valence-electron chi connectivity index (χ4n) is 1.56. The molecule has 3 N–H and O–H groups in total. The third-order valence-corrected chi connectivity index (χ3v) is 4.03. The smallest absolute Gasteiger partial charge is 0.787 e. The number of nitrogens with one attached hydrogen (secondary N) is 3. The van der Waals surface area contributed by atoms with Crippen molar-refractivity contribution >= 4 is 19.5 Å². The van der Waals surface area contributed by atoms with Crippen molar-refractivity contribution in [2.24, 2.45) is 0 Å². The van der Waals surface area contributed by atoms with Crippen LogP contribution in [0.25, 0.3) is 0 Å². The van der Waals surface area contributed by atoms with Gasteiger partial charge in [-0.2, -0.15) is 0 Å². The zero-order chi connectivity index (χ0) is 16.6. The molecule has 2 atom stereocenters. The molecule has 1 unspecified atom stereocenters. The zero-order valence-electron chi connectivity index (χ0n) is 13.4. The standard InChI is InChI=1S/C13H20N3O5P.Li/c1-10(12(17)14-2)16-22(19,20)9-15-13(18)21-8-11-6-4-3-5-7-11;/h3-7,10H,8-9H2,1-2H3,(H,14,17)(H,15,18)(H2,16,19,20);/q;+1/p-1/t10-;/m0./s1. The Morgan fingerprint density at radius 1 is 1.30 bits per heavy atom. The number of carbonyl (C=O) groups is 2. The van der Waals surface area contributed by atoms with Crippen molar-refractivity contribution in [3.63, 3.8) is 0 Å². The molecule has 0 spiro atoms. The van der Waals surface area contributed by atoms with Crippen LogP contribution in [0.4, 0.5) is 4.79 Å². The molecule has 0 heterocycles. The predicted molar refractivity (Wildman–Crippen MR) is 78.9 cm³/mol. The number of rotatable bonds is 7. The Kier molecular flexibility index (Phi) is 9.89. The van der Waals surface area contributed by atoms with Gasteiger partial charge in [0.2, 0.25) is 5.91 Å². The van der Waals surface area contributed by atoms with Crippen LogP contribution in [0.5, 0.6) is 0 Å². The number of carbonyl (C=O) groups excluding carboxylic acids is 2. The van der Waals surface area contributed by atoms with Gasteiger partial charge in [0.25, 0.3) is 0 Å². The Morgan fingerprint density at radius 2 is 1.91 bits per heavy atom. The first-order valence-corrected chi connectivity index (χ1v) is 8.39. The molecule has 1 rings (SSSR count). The summed E-state index contributed by atoms with van der Waals surface area (Å²) in [6.45, 7) is 1.44. The van der Waals surface area contributed by atoms with E-state index in [-0.39, 0.29) is 25.5 Å². The Labute approximate surface area is 147 Å². The van der Waals surface area contributed by atoms with Crippen LogP contribution in [0.1, 0.15) is 12.5 Å². The quantitative estimate of drug-likeness (QED) is 0.365. The van der Waals surface area contributed by atoms with Gasteiger partial charge in [0.1, 0.15) is 6.61 Å². The number of ether oxygens (including phenoxy) is 1. The molecule has 0 aliphatic carbocycles. The van der Waals surface area contributed by atoms with E-state index in [4.69, 9.17) is 4.74 Å². The predicted octanol–water partition coefficient (Wildman–Crippen LogP) is -2.85. The van der Waals surface area contributed by atoms with Crippen LogP contribution in [0, 0.1) is 0 Å². The van der Waals surface area contributed by atoms with Crippen molar-refractivity contribution in [3.05, 3.63) is 35.9 Å². The number of hydrogen-bond acceptors (Lipinski definition) is 5. The fraction of sp³-hybridized carbons (Fsp3) is 0.385. The Balaban J connectivity index is 0.00000484. The number of likely N-dealkylation sites (N-methyl/N-ethyl adjacent to an activating group) is 1. The van der Waals surface area contributed by atoms with Gasteiger partial charge in [0.05, 0.1) is 19.8 Å². The van der Waals surface area contributed by atoms with Crippen molar-refractivity contribution in [1.82, 2.24) is 15.7 Å². The van der Waals surface area contributed by atoms with Gasteiger partial charge in [0.15, 0.2) is 0 Å². The second kappa shape index (κ2) is 10.5. The topological polar surface area (TPSA) is 120 Å². The Bertz CT molecular complexity index is 558. The van der Waals surface area contributed by atoms with Gasteiger partial charge in [0, 0.05) is 7.05 Å². The third kappa shape index (κ3) is 8.79. The SMILES string of the molecule is CNC(=O)[C@H](C)NP(=O)([O-])CNC(=O)OCc1ccccc1.[Li+]. The molecule has 122 valence electrons. The number of alkyl carbamates (subject to hydrolysis) is 1. The minimum Gasteiger partial charge on any atom is -0.787 e. The summed E-state index contributed by atoms with van der Waals surface area (Å²) < 4.78 is 16.6. The molecule has 1 aromatic carbocycles. The summed E-state index contributed by atoms with van der Waals surface area (Å²) in [4.78, 5) is 34.4. The van der Waals surface area contributed by atoms with Crippen LogP contribution in [0.3, 0.4) is 0 Å². The zero-order valence-corrected chi connectivity index (χ0v) is 14.3. The van der Waals surface area contributed by atoms with Crippen LogP contribution in [0.15, 0.2) is 30.3 Å². The maximum absolute atomic E-state index is 11.7. The van der Waals surface area contributed by atoms with Gasteiger partial charge >= 0.3 is 25.0 Å². The van der Waals surface area contributed by atoms with Gasteiger partial charge in [-0.25, -0.2) is 4.79 Å². The minimum absolute atomic E-state index is 0. The Morgan fingerprint density at radius 3 is 2.48 bits per heavy atom. The van der Waals surface area contributed by atoms with Crippen molar-refractivity contribution in [2.75, 3.05) is 13.3 Å². The molecule has 0 aromatic heterocycles. The van der Waals surface area contributed by atoms with Gasteiger partial charge in [-0.15, -0.1) is 0 Å². The minimum atomic E-state index is -4.14. The summed E-state index contributed by atoms with van der Waals surface area (Å²) in [6.07, 6.45) is -1.50. The molecule has 0 saturated carbocycles. The number of hydrogen-bond donors (Lipinski definition) is 3. The van der Waals surface area contributed by atoms with Crippen LogP contribution in [-0.4, -0.2) is 31.4 Å². The average molecular weight is 335 g/mol. The van der Waals surface area contributed by atoms with Crippen LogP contribution < -0.4 is 39.5 Å². The molecule has 0 aliphatic heterocycles. The van der Waals surface area contributed by atoms with Gasteiger partial charge < -0.3 is 24.8 Å². The van der Waals surface area contributed by atoms with E-state index in [1.165, 1.54) is 14.0 Å². The summed E-state index contributed by atoms with van der Waals surface area (Å²) in [5.41, 5.74) is 0.786. The molecule has 8 nitrogen and oxygen atoms in total. The van der Waals surface area contributed by atoms with E-state index in [9.17, 15) is 19.0 Å². The van der Waals surface area contributed by atoms with Crippen molar-refractivity contribution in [2.45, 2.75) is 19.6 Å². The Hall–Kier alpha value is -1.29. The summed E-state index contributed by atoms with van der Waals surface area (Å²) in [6, 6.07) is 8.06. The van der Waals surface area contributed by atoms with Crippen LogP contribution in [-0.2, 0) is 20.7 Å². The molecule has 23 heavy (non-hydrogen) atoms. The summed E-state index contributed by atoms with van der Waals surface area (Å²) in [7, 11) is -2.74. The first kappa shape index (κ1) is 21.7. The van der Waals surface area contributed by atoms with Gasteiger partial charge in [-0.1, -0.05) is 30.3 Å². The maximum atomic E-state index is 11.7. The number of amides is 2. The summed E-state index contributed by atoms with van der Waals surface area (Å²) in [5, 5.41) is 6.60. The number of benzene rings is 1. The molecule has 10 heteroatoms. The molecule has 0 aliphatic rings. The van der Waals surface area contributed by atoms with Crippen LogP contribution in [0.2, 0.25) is 0 Å². The van der Waals surface area contributed by atoms with Gasteiger partial charge in [-0.05, 0) is 12.5 Å². The van der Waals surface area contributed by atoms with E-state index in [0.29, 0.717) is 0 Å². The first-order chi connectivity index (χ1) is 10.3. The van der Waals surface area contributed by atoms with Crippen molar-refractivity contribution in [3.8, 4) is 0 Å². The van der Waals surface area contributed by atoms with E-state index in [1.54, 1.807) is 24.3 Å². The maximum Gasteiger partial charge on any atom is 1.00 e.